The number of rotatable bonds is 48. The van der Waals surface area contributed by atoms with Gasteiger partial charge in [-0.25, -0.2) is 0 Å². The predicted molar refractivity (Wildman–Crippen MR) is 274 cm³/mol. The van der Waals surface area contributed by atoms with Crippen LogP contribution >= 0.6 is 0 Å². The molecule has 0 spiro atoms. The maximum absolute atomic E-state index is 12.3. The number of esters is 2. The Hall–Kier alpha value is -2.92. The number of ether oxygens (including phenoxy) is 2. The van der Waals surface area contributed by atoms with Crippen molar-refractivity contribution in [3.63, 3.8) is 0 Å². The first kappa shape index (κ1) is 60.1. The molecule has 0 radical (unpaired) electrons. The Bertz CT molecular complexity index is 1170. The molecule has 0 saturated carbocycles. The average Bonchev–Trinajstić information content (AvgIpc) is 3.29. The van der Waals surface area contributed by atoms with Crippen LogP contribution in [0.2, 0.25) is 0 Å². The first-order valence-corrected chi connectivity index (χ1v) is 26.6. The predicted octanol–water partition coefficient (Wildman–Crippen LogP) is 17.8. The van der Waals surface area contributed by atoms with Crippen LogP contribution in [0, 0.1) is 0 Å². The molecule has 0 amide bonds. The lowest BCUT2D eigenvalue weighted by molar-refractivity contribution is -0.161. The molecule has 0 aromatic rings. The van der Waals surface area contributed by atoms with Crippen molar-refractivity contribution in [2.24, 2.45) is 0 Å². The molecule has 1 unspecified atom stereocenters. The molecular weight excluding hydrogens is 777 g/mol. The molecule has 0 aliphatic heterocycles. The van der Waals surface area contributed by atoms with Gasteiger partial charge in [-0.15, -0.1) is 0 Å². The fourth-order valence-corrected chi connectivity index (χ4v) is 7.48. The third-order valence-corrected chi connectivity index (χ3v) is 11.5. The lowest BCUT2D eigenvalue weighted by Gasteiger charge is -2.15. The third-order valence-electron chi connectivity index (χ3n) is 11.5. The Balaban J connectivity index is 3.51. The minimum atomic E-state index is -0.773. The van der Waals surface area contributed by atoms with E-state index in [0.29, 0.717) is 12.8 Å². The number of aliphatic hydroxyl groups is 1. The molecule has 0 aromatic carbocycles. The zero-order chi connectivity index (χ0) is 45.6. The molecule has 0 aliphatic carbocycles. The first-order valence-electron chi connectivity index (χ1n) is 26.6. The Labute approximate surface area is 390 Å². The van der Waals surface area contributed by atoms with Gasteiger partial charge >= 0.3 is 11.9 Å². The minimum absolute atomic E-state index is 0.0654. The van der Waals surface area contributed by atoms with E-state index in [1.165, 1.54) is 141 Å². The number of hydrogen-bond donors (Lipinski definition) is 1. The van der Waals surface area contributed by atoms with Crippen molar-refractivity contribution in [1.29, 1.82) is 0 Å². The lowest BCUT2D eigenvalue weighted by Crippen LogP contribution is -2.28. The molecule has 0 heterocycles. The van der Waals surface area contributed by atoms with E-state index in [9.17, 15) is 14.7 Å². The Morgan fingerprint density at radius 3 is 1.03 bits per heavy atom. The quantitative estimate of drug-likeness (QED) is 0.0374. The fraction of sp³-hybridized carbons (Fsp3) is 0.724. The van der Waals surface area contributed by atoms with Crippen molar-refractivity contribution in [3.8, 4) is 0 Å². The van der Waals surface area contributed by atoms with Crippen molar-refractivity contribution in [1.82, 2.24) is 0 Å². The van der Waals surface area contributed by atoms with E-state index in [0.717, 1.165) is 83.5 Å². The van der Waals surface area contributed by atoms with Gasteiger partial charge in [-0.05, 0) is 70.6 Å². The second-order valence-corrected chi connectivity index (χ2v) is 17.6. The van der Waals surface area contributed by atoms with Crippen LogP contribution in [0.15, 0.2) is 85.1 Å². The molecule has 0 aromatic heterocycles. The summed E-state index contributed by atoms with van der Waals surface area (Å²) < 4.78 is 10.7. The van der Waals surface area contributed by atoms with Gasteiger partial charge in [0, 0.05) is 12.8 Å². The fourth-order valence-electron chi connectivity index (χ4n) is 7.48. The van der Waals surface area contributed by atoms with Crippen molar-refractivity contribution in [2.45, 2.75) is 258 Å². The van der Waals surface area contributed by atoms with Crippen LogP contribution in [0.5, 0.6) is 0 Å². The van der Waals surface area contributed by atoms with Crippen LogP contribution in [0.3, 0.4) is 0 Å². The van der Waals surface area contributed by atoms with Crippen LogP contribution < -0.4 is 0 Å². The smallest absolute Gasteiger partial charge is 0.306 e. The number of aliphatic hydroxyl groups excluding tert-OH is 1. The highest BCUT2D eigenvalue weighted by molar-refractivity contribution is 5.70. The normalized spacial score (nSPS) is 12.9. The SMILES string of the molecule is CC/C=C\C/C=C\C/C=C\C/C=C\C/C=C\C/C=C\C/C=C\CCCCCCCCCCCCCCCC(=O)OC(CO)COC(=O)CCCCCCCCCCCCCCCC. The zero-order valence-corrected chi connectivity index (χ0v) is 41.3. The maximum Gasteiger partial charge on any atom is 0.306 e. The van der Waals surface area contributed by atoms with E-state index in [1.54, 1.807) is 0 Å². The average molecular weight is 877 g/mol. The van der Waals surface area contributed by atoms with Crippen LogP contribution in [0.4, 0.5) is 0 Å². The second kappa shape index (κ2) is 53.4. The summed E-state index contributed by atoms with van der Waals surface area (Å²) in [6.45, 7) is 4.04. The van der Waals surface area contributed by atoms with Crippen molar-refractivity contribution >= 4 is 11.9 Å². The van der Waals surface area contributed by atoms with Gasteiger partial charge < -0.3 is 14.6 Å². The monoisotopic (exact) mass is 877 g/mol. The number of unbranched alkanes of at least 4 members (excludes halogenated alkanes) is 26. The van der Waals surface area contributed by atoms with Gasteiger partial charge in [-0.2, -0.15) is 0 Å². The summed E-state index contributed by atoms with van der Waals surface area (Å²) in [6, 6.07) is 0. The molecule has 5 nitrogen and oxygen atoms in total. The van der Waals surface area contributed by atoms with E-state index in [-0.39, 0.29) is 25.2 Å². The molecule has 5 heteroatoms. The lowest BCUT2D eigenvalue weighted by atomic mass is 10.0. The third kappa shape index (κ3) is 51.6. The van der Waals surface area contributed by atoms with E-state index in [1.807, 2.05) is 0 Å². The summed E-state index contributed by atoms with van der Waals surface area (Å²) in [5.74, 6) is -0.586. The molecule has 362 valence electrons. The van der Waals surface area contributed by atoms with Crippen LogP contribution in [-0.4, -0.2) is 36.4 Å². The highest BCUT2D eigenvalue weighted by Crippen LogP contribution is 2.16. The summed E-state index contributed by atoms with van der Waals surface area (Å²) in [4.78, 5) is 24.4. The molecule has 0 fully saturated rings. The maximum atomic E-state index is 12.3. The summed E-state index contributed by atoms with van der Waals surface area (Å²) in [5, 5.41) is 9.62. The summed E-state index contributed by atoms with van der Waals surface area (Å²) in [5.41, 5.74) is 0. The van der Waals surface area contributed by atoms with Gasteiger partial charge in [0.2, 0.25) is 0 Å². The highest BCUT2D eigenvalue weighted by Gasteiger charge is 2.16. The van der Waals surface area contributed by atoms with Crippen LogP contribution in [0.25, 0.3) is 0 Å². The molecule has 0 saturated heterocycles. The van der Waals surface area contributed by atoms with Crippen molar-refractivity contribution in [2.75, 3.05) is 13.2 Å². The number of hydrogen-bond acceptors (Lipinski definition) is 5. The van der Waals surface area contributed by atoms with E-state index >= 15 is 0 Å². The second-order valence-electron chi connectivity index (χ2n) is 17.6. The standard InChI is InChI=1S/C58H100O5/c1-3-5-7-9-11-13-15-17-19-20-21-22-23-24-25-26-27-28-29-30-31-32-33-34-35-36-37-38-39-41-43-45-47-49-51-53-58(61)63-56(54-59)55-62-57(60)52-50-48-46-44-42-40-18-16-14-12-10-8-6-4-2/h5,7,11,13,17,19,21-22,24-25,27-28,30-31,56,59H,3-4,6,8-10,12,14-16,18,20,23,26,29,32-55H2,1-2H3/b7-5-,13-11-,19-17-,22-21-,25-24-,28-27-,31-30-. The van der Waals surface area contributed by atoms with Crippen molar-refractivity contribution in [3.05, 3.63) is 85.1 Å². The Morgan fingerprint density at radius 2 is 0.683 bits per heavy atom. The van der Waals surface area contributed by atoms with E-state index in [4.69, 9.17) is 9.47 Å². The van der Waals surface area contributed by atoms with Gasteiger partial charge in [-0.1, -0.05) is 253 Å². The largest absolute Gasteiger partial charge is 0.462 e. The molecule has 0 aliphatic rings. The molecule has 1 N–H and O–H groups in total. The Morgan fingerprint density at radius 1 is 0.381 bits per heavy atom. The van der Waals surface area contributed by atoms with Gasteiger partial charge in [0.25, 0.3) is 0 Å². The molecular formula is C58H100O5. The topological polar surface area (TPSA) is 72.8 Å². The summed E-state index contributed by atoms with van der Waals surface area (Å²) in [6.07, 6.45) is 74.0. The van der Waals surface area contributed by atoms with Gasteiger partial charge in [-0.3, -0.25) is 9.59 Å². The van der Waals surface area contributed by atoms with E-state index in [2.05, 4.69) is 98.9 Å². The first-order chi connectivity index (χ1) is 31.1. The summed E-state index contributed by atoms with van der Waals surface area (Å²) in [7, 11) is 0. The minimum Gasteiger partial charge on any atom is -0.462 e. The van der Waals surface area contributed by atoms with E-state index < -0.39 is 6.10 Å². The molecule has 0 rings (SSSR count). The van der Waals surface area contributed by atoms with Crippen LogP contribution in [0.1, 0.15) is 251 Å². The van der Waals surface area contributed by atoms with Crippen molar-refractivity contribution < 1.29 is 24.2 Å². The number of allylic oxidation sites excluding steroid dienone is 14. The van der Waals surface area contributed by atoms with Crippen LogP contribution in [-0.2, 0) is 19.1 Å². The number of carbonyl (C=O) groups is 2. The van der Waals surface area contributed by atoms with Gasteiger partial charge in [0.1, 0.15) is 6.61 Å². The molecule has 63 heavy (non-hydrogen) atoms. The Kier molecular flexibility index (Phi) is 50.9. The zero-order valence-electron chi connectivity index (χ0n) is 41.3. The molecule has 0 bridgehead atoms. The van der Waals surface area contributed by atoms with Gasteiger partial charge in [0.05, 0.1) is 6.61 Å². The van der Waals surface area contributed by atoms with Gasteiger partial charge in [0.15, 0.2) is 6.10 Å². The number of carbonyl (C=O) groups excluding carboxylic acids is 2. The summed E-state index contributed by atoms with van der Waals surface area (Å²) >= 11 is 0. The molecule has 1 atom stereocenters. The highest BCUT2D eigenvalue weighted by atomic mass is 16.6.